The number of ether oxygens (including phenoxy) is 2. The summed E-state index contributed by atoms with van der Waals surface area (Å²) in [5.41, 5.74) is 3.30. The summed E-state index contributed by atoms with van der Waals surface area (Å²) in [5, 5.41) is 9.50. The number of aliphatic hydroxyl groups is 1. The number of carbonyl (C=O) groups is 1. The molecule has 2 bridgehead atoms. The lowest BCUT2D eigenvalue weighted by Crippen LogP contribution is -2.49. The topological polar surface area (TPSA) is 105 Å². The highest BCUT2D eigenvalue weighted by molar-refractivity contribution is 7.90. The van der Waals surface area contributed by atoms with Gasteiger partial charge in [-0.15, -0.1) is 0 Å². The number of fused-ring (bicyclic) bond motifs is 4. The van der Waals surface area contributed by atoms with E-state index in [0.29, 0.717) is 37.2 Å². The molecule has 1 amide bonds. The van der Waals surface area contributed by atoms with E-state index in [9.17, 15) is 18.3 Å². The normalized spacial score (nSPS) is 31.5. The number of nitrogens with zero attached hydrogens (tertiary/aromatic N) is 1. The number of amides is 1. The number of anilines is 1. The maximum absolute atomic E-state index is 13.3. The Hall–Kier alpha value is -2.59. The van der Waals surface area contributed by atoms with Gasteiger partial charge in [-0.05, 0) is 98.2 Å². The molecule has 6 rings (SSSR count). The number of sulfonamides is 1. The molecule has 2 aliphatic carbocycles. The van der Waals surface area contributed by atoms with Crippen LogP contribution < -0.4 is 14.4 Å². The number of carbonyl (C=O) groups excluding carboxylic acids is 1. The molecule has 10 heteroatoms. The van der Waals surface area contributed by atoms with E-state index >= 15 is 0 Å². The van der Waals surface area contributed by atoms with Crippen LogP contribution in [-0.4, -0.2) is 64.2 Å². The van der Waals surface area contributed by atoms with Crippen LogP contribution in [0.3, 0.4) is 0 Å². The van der Waals surface area contributed by atoms with Gasteiger partial charge in [0.1, 0.15) is 11.0 Å². The minimum Gasteiger partial charge on any atom is -0.490 e. The monoisotopic (exact) mass is 614 g/mol. The number of allylic oxidation sites excluding steroid dienone is 1. The van der Waals surface area contributed by atoms with E-state index in [0.717, 1.165) is 49.4 Å². The van der Waals surface area contributed by atoms with Crippen LogP contribution in [0.4, 0.5) is 5.69 Å². The van der Waals surface area contributed by atoms with Gasteiger partial charge in [0.15, 0.2) is 0 Å². The molecule has 2 N–H and O–H groups in total. The molecule has 0 radical (unpaired) electrons. The number of hydrogen-bond acceptors (Lipinski definition) is 7. The number of aliphatic hydroxyl groups excluding tert-OH is 1. The van der Waals surface area contributed by atoms with Crippen LogP contribution in [0, 0.1) is 11.8 Å². The number of methoxy groups -OCH3 is 1. The number of benzene rings is 2. The van der Waals surface area contributed by atoms with Crippen LogP contribution in [0.5, 0.6) is 5.75 Å². The van der Waals surface area contributed by atoms with Gasteiger partial charge in [0.2, 0.25) is 10.0 Å². The van der Waals surface area contributed by atoms with Crippen LogP contribution in [-0.2, 0) is 26.6 Å². The van der Waals surface area contributed by atoms with E-state index in [-0.39, 0.29) is 23.5 Å². The minimum absolute atomic E-state index is 0.0823. The van der Waals surface area contributed by atoms with Gasteiger partial charge in [-0.25, -0.2) is 13.1 Å². The quantitative estimate of drug-likeness (QED) is 0.476. The molecular formula is C32H39ClN2O6S. The third-order valence-corrected chi connectivity index (χ3v) is 11.8. The summed E-state index contributed by atoms with van der Waals surface area (Å²) in [4.78, 5) is 15.6. The maximum atomic E-state index is 13.3. The third-order valence-electron chi connectivity index (χ3n) is 9.78. The molecule has 1 fully saturated rings. The Bertz CT molecular complexity index is 1480. The van der Waals surface area contributed by atoms with E-state index in [4.69, 9.17) is 21.1 Å². The first-order valence-electron chi connectivity index (χ1n) is 14.9. The van der Waals surface area contributed by atoms with Crippen molar-refractivity contribution in [1.82, 2.24) is 4.72 Å². The second-order valence-electron chi connectivity index (χ2n) is 12.3. The predicted octanol–water partition coefficient (Wildman–Crippen LogP) is 4.62. The highest BCUT2D eigenvalue weighted by atomic mass is 35.5. The Kier molecular flexibility index (Phi) is 8.30. The summed E-state index contributed by atoms with van der Waals surface area (Å²) in [6.45, 7) is 1.41. The van der Waals surface area contributed by atoms with E-state index in [1.165, 1.54) is 11.1 Å². The van der Waals surface area contributed by atoms with Crippen LogP contribution >= 0.6 is 11.6 Å². The van der Waals surface area contributed by atoms with Gasteiger partial charge in [-0.2, -0.15) is 0 Å². The smallest absolute Gasteiger partial charge is 0.264 e. The van der Waals surface area contributed by atoms with E-state index in [1.54, 1.807) is 25.3 Å². The zero-order valence-corrected chi connectivity index (χ0v) is 25.5. The molecule has 0 saturated heterocycles. The Labute approximate surface area is 253 Å². The average Bonchev–Trinajstić information content (AvgIpc) is 3.10. The number of nitrogens with one attached hydrogen (secondary N) is 1. The first-order valence-corrected chi connectivity index (χ1v) is 16.8. The second kappa shape index (κ2) is 11.8. The number of halogens is 1. The first kappa shape index (κ1) is 29.5. The summed E-state index contributed by atoms with van der Waals surface area (Å²) in [6.07, 6.45) is 9.64. The molecule has 2 aromatic carbocycles. The molecule has 8 nitrogen and oxygen atoms in total. The molecule has 0 aromatic heterocycles. The predicted molar refractivity (Wildman–Crippen MR) is 163 cm³/mol. The fourth-order valence-electron chi connectivity index (χ4n) is 7.32. The molecule has 1 spiro atoms. The Morgan fingerprint density at radius 2 is 2.05 bits per heavy atom. The van der Waals surface area contributed by atoms with Crippen molar-refractivity contribution in [2.75, 3.05) is 38.3 Å². The Balaban J connectivity index is 1.42. The maximum Gasteiger partial charge on any atom is 0.264 e. The molecule has 5 atom stereocenters. The molecule has 42 heavy (non-hydrogen) atoms. The number of aryl methyl sites for hydroxylation is 1. The minimum atomic E-state index is -4.10. The Morgan fingerprint density at radius 1 is 1.19 bits per heavy atom. The van der Waals surface area contributed by atoms with Crippen molar-refractivity contribution in [2.24, 2.45) is 11.8 Å². The molecular weight excluding hydrogens is 576 g/mol. The van der Waals surface area contributed by atoms with Crippen molar-refractivity contribution in [1.29, 1.82) is 0 Å². The average molecular weight is 615 g/mol. The SMILES string of the molecule is CO[C@H]1/C=C/CC[C@@H](CO)S(=O)(=O)NC(=O)c2ccc3c(c2)N(C[C@@H]2CC[C@H]21)C[C@@]1(CCCc2cc(Cl)ccc21)CO3. The number of hydrogen-bond donors (Lipinski definition) is 2. The lowest BCUT2D eigenvalue weighted by molar-refractivity contribution is 0.0131. The Morgan fingerprint density at radius 3 is 2.81 bits per heavy atom. The molecule has 226 valence electrons. The van der Waals surface area contributed by atoms with Gasteiger partial charge in [-0.3, -0.25) is 4.79 Å². The summed E-state index contributed by atoms with van der Waals surface area (Å²) >= 11 is 6.39. The lowest BCUT2D eigenvalue weighted by atomic mass is 9.68. The molecule has 2 aromatic rings. The lowest BCUT2D eigenvalue weighted by Gasteiger charge is -2.46. The molecule has 1 saturated carbocycles. The van der Waals surface area contributed by atoms with Crippen molar-refractivity contribution >= 4 is 33.2 Å². The van der Waals surface area contributed by atoms with Crippen LogP contribution in [0.15, 0.2) is 48.6 Å². The van der Waals surface area contributed by atoms with Crippen LogP contribution in [0.2, 0.25) is 5.02 Å². The second-order valence-corrected chi connectivity index (χ2v) is 14.7. The van der Waals surface area contributed by atoms with Crippen molar-refractivity contribution in [3.8, 4) is 5.75 Å². The van der Waals surface area contributed by atoms with E-state index in [2.05, 4.69) is 21.8 Å². The molecule has 4 aliphatic rings. The van der Waals surface area contributed by atoms with Crippen molar-refractivity contribution < 1.29 is 27.8 Å². The standard InChI is InChI=1S/C32H39ClN2O6S/c1-40-29-7-3-2-6-25(18-36)42(38,39)34-31(37)22-9-13-30-28(16-22)35(17-23-8-11-26(23)29)19-32(20-41-30)14-4-5-21-15-24(33)10-12-27(21)32/h3,7,9-10,12-13,15-16,23,25-26,29,36H,2,4-6,8,11,14,17-20H2,1H3,(H,34,37)/b7-3+/t23-,25-,26+,29-,32-/m0/s1. The summed E-state index contributed by atoms with van der Waals surface area (Å²) in [6, 6.07) is 11.3. The van der Waals surface area contributed by atoms with Crippen molar-refractivity contribution in [2.45, 2.75) is 61.7 Å². The summed E-state index contributed by atoms with van der Waals surface area (Å²) < 4.78 is 40.8. The van der Waals surface area contributed by atoms with E-state index in [1.807, 2.05) is 18.2 Å². The van der Waals surface area contributed by atoms with Gasteiger partial charge in [0.05, 0.1) is 25.0 Å². The van der Waals surface area contributed by atoms with E-state index < -0.39 is 27.8 Å². The zero-order valence-electron chi connectivity index (χ0n) is 23.9. The first-order chi connectivity index (χ1) is 20.2. The summed E-state index contributed by atoms with van der Waals surface area (Å²) in [5.74, 6) is 0.674. The largest absolute Gasteiger partial charge is 0.490 e. The van der Waals surface area contributed by atoms with Gasteiger partial charge >= 0.3 is 0 Å². The molecule has 2 heterocycles. The highest BCUT2D eigenvalue weighted by Gasteiger charge is 2.44. The summed E-state index contributed by atoms with van der Waals surface area (Å²) in [7, 11) is -2.38. The van der Waals surface area contributed by atoms with Gasteiger partial charge in [-0.1, -0.05) is 29.8 Å². The zero-order chi connectivity index (χ0) is 29.5. The third kappa shape index (κ3) is 5.56. The fraction of sp³-hybridized carbons (Fsp3) is 0.531. The van der Waals surface area contributed by atoms with Crippen molar-refractivity contribution in [3.63, 3.8) is 0 Å². The fourth-order valence-corrected chi connectivity index (χ4v) is 8.70. The van der Waals surface area contributed by atoms with Crippen LogP contribution in [0.25, 0.3) is 0 Å². The van der Waals surface area contributed by atoms with Gasteiger partial charge < -0.3 is 19.5 Å². The van der Waals surface area contributed by atoms with Crippen LogP contribution in [0.1, 0.15) is 60.0 Å². The van der Waals surface area contributed by atoms with Crippen molar-refractivity contribution in [3.05, 3.63) is 70.3 Å². The molecule has 0 unspecified atom stereocenters. The van der Waals surface area contributed by atoms with Gasteiger partial charge in [0.25, 0.3) is 5.91 Å². The van der Waals surface area contributed by atoms with Gasteiger partial charge in [0, 0.05) is 36.2 Å². The molecule has 2 aliphatic heterocycles. The number of rotatable bonds is 2. The highest BCUT2D eigenvalue weighted by Crippen LogP contribution is 2.47.